The fraction of sp³-hybridized carbons (Fsp3) is 1.00. The summed E-state index contributed by atoms with van der Waals surface area (Å²) in [6.07, 6.45) is 5.40. The van der Waals surface area contributed by atoms with Crippen LogP contribution in [0.25, 0.3) is 0 Å². The molecular formula is C15H34N2. The first-order chi connectivity index (χ1) is 7.81. The Morgan fingerprint density at radius 3 is 2.12 bits per heavy atom. The minimum atomic E-state index is 0.427. The predicted octanol–water partition coefficient (Wildman–Crippen LogP) is 3.52. The smallest absolute Gasteiger partial charge is 0.00270 e. The SMILES string of the molecule is CC(C)NCCCCCCN(C)CC(C)(C)C. The van der Waals surface area contributed by atoms with Gasteiger partial charge in [-0.05, 0) is 38.4 Å². The van der Waals surface area contributed by atoms with Crippen molar-refractivity contribution < 1.29 is 0 Å². The van der Waals surface area contributed by atoms with Crippen LogP contribution in [0.15, 0.2) is 0 Å². The van der Waals surface area contributed by atoms with Crippen molar-refractivity contribution in [3.63, 3.8) is 0 Å². The van der Waals surface area contributed by atoms with Crippen molar-refractivity contribution in [3.8, 4) is 0 Å². The van der Waals surface area contributed by atoms with Gasteiger partial charge >= 0.3 is 0 Å². The molecule has 0 heterocycles. The third-order valence-electron chi connectivity index (χ3n) is 2.76. The molecular weight excluding hydrogens is 208 g/mol. The Labute approximate surface area is 109 Å². The van der Waals surface area contributed by atoms with E-state index in [0.717, 1.165) is 0 Å². The molecule has 1 N–H and O–H groups in total. The number of unbranched alkanes of at least 4 members (excludes halogenated alkanes) is 3. The maximum Gasteiger partial charge on any atom is 0.00270 e. The van der Waals surface area contributed by atoms with E-state index in [1.54, 1.807) is 0 Å². The van der Waals surface area contributed by atoms with Crippen LogP contribution in [0, 0.1) is 5.41 Å². The Kier molecular flexibility index (Phi) is 8.89. The summed E-state index contributed by atoms with van der Waals surface area (Å²) < 4.78 is 0. The van der Waals surface area contributed by atoms with E-state index in [1.807, 2.05) is 0 Å². The van der Waals surface area contributed by atoms with Gasteiger partial charge in [0.25, 0.3) is 0 Å². The van der Waals surface area contributed by atoms with Crippen molar-refractivity contribution in [2.75, 3.05) is 26.7 Å². The van der Waals surface area contributed by atoms with Gasteiger partial charge in [0.1, 0.15) is 0 Å². The first-order valence-electron chi connectivity index (χ1n) is 7.23. The Balaban J connectivity index is 3.28. The van der Waals surface area contributed by atoms with Gasteiger partial charge in [-0.3, -0.25) is 0 Å². The molecule has 0 saturated heterocycles. The van der Waals surface area contributed by atoms with Gasteiger partial charge in [-0.15, -0.1) is 0 Å². The maximum absolute atomic E-state index is 3.47. The highest BCUT2D eigenvalue weighted by Crippen LogP contribution is 2.14. The largest absolute Gasteiger partial charge is 0.315 e. The topological polar surface area (TPSA) is 15.3 Å². The zero-order valence-electron chi connectivity index (χ0n) is 13.0. The summed E-state index contributed by atoms with van der Waals surface area (Å²) in [6.45, 7) is 15.0. The zero-order chi connectivity index (χ0) is 13.3. The normalized spacial score (nSPS) is 12.7. The monoisotopic (exact) mass is 242 g/mol. The second-order valence-electron chi connectivity index (χ2n) is 6.82. The summed E-state index contributed by atoms with van der Waals surface area (Å²) in [4.78, 5) is 2.46. The Morgan fingerprint density at radius 1 is 1.00 bits per heavy atom. The molecule has 0 bridgehead atoms. The molecule has 0 amide bonds. The van der Waals surface area contributed by atoms with Gasteiger partial charge in [0.2, 0.25) is 0 Å². The lowest BCUT2D eigenvalue weighted by atomic mass is 9.96. The molecule has 0 aliphatic heterocycles. The summed E-state index contributed by atoms with van der Waals surface area (Å²) in [5.74, 6) is 0. The molecule has 0 aromatic heterocycles. The van der Waals surface area contributed by atoms with Gasteiger partial charge in [0.15, 0.2) is 0 Å². The quantitative estimate of drug-likeness (QED) is 0.622. The lowest BCUT2D eigenvalue weighted by Crippen LogP contribution is -2.30. The van der Waals surface area contributed by atoms with Crippen molar-refractivity contribution in [1.82, 2.24) is 10.2 Å². The first kappa shape index (κ1) is 16.9. The van der Waals surface area contributed by atoms with Crippen LogP contribution in [0.1, 0.15) is 60.3 Å². The molecule has 0 aromatic rings. The van der Waals surface area contributed by atoms with Gasteiger partial charge in [-0.2, -0.15) is 0 Å². The third-order valence-corrected chi connectivity index (χ3v) is 2.76. The molecule has 0 radical (unpaired) electrons. The van der Waals surface area contributed by atoms with Gasteiger partial charge in [0.05, 0.1) is 0 Å². The Bertz CT molecular complexity index is 170. The van der Waals surface area contributed by atoms with Crippen LogP contribution in [0.4, 0.5) is 0 Å². The number of rotatable bonds is 9. The van der Waals surface area contributed by atoms with Crippen LogP contribution < -0.4 is 5.32 Å². The van der Waals surface area contributed by atoms with Crippen LogP contribution in [0.5, 0.6) is 0 Å². The fourth-order valence-corrected chi connectivity index (χ4v) is 2.14. The third kappa shape index (κ3) is 13.9. The summed E-state index contributed by atoms with van der Waals surface area (Å²) in [5.41, 5.74) is 0.427. The van der Waals surface area contributed by atoms with E-state index in [-0.39, 0.29) is 0 Å². The van der Waals surface area contributed by atoms with Crippen LogP contribution in [-0.2, 0) is 0 Å². The van der Waals surface area contributed by atoms with Crippen LogP contribution in [0.3, 0.4) is 0 Å². The van der Waals surface area contributed by atoms with E-state index >= 15 is 0 Å². The van der Waals surface area contributed by atoms with E-state index in [1.165, 1.54) is 45.3 Å². The Morgan fingerprint density at radius 2 is 1.59 bits per heavy atom. The van der Waals surface area contributed by atoms with E-state index in [9.17, 15) is 0 Å². The molecule has 0 aliphatic rings. The van der Waals surface area contributed by atoms with Crippen LogP contribution in [0.2, 0.25) is 0 Å². The fourth-order valence-electron chi connectivity index (χ4n) is 2.14. The second-order valence-corrected chi connectivity index (χ2v) is 6.82. The van der Waals surface area contributed by atoms with Crippen molar-refractivity contribution in [1.29, 1.82) is 0 Å². The number of hydrogen-bond acceptors (Lipinski definition) is 2. The van der Waals surface area contributed by atoms with E-state index in [4.69, 9.17) is 0 Å². The molecule has 17 heavy (non-hydrogen) atoms. The van der Waals surface area contributed by atoms with Gasteiger partial charge in [0, 0.05) is 12.6 Å². The molecule has 0 fully saturated rings. The zero-order valence-corrected chi connectivity index (χ0v) is 13.0. The summed E-state index contributed by atoms with van der Waals surface area (Å²) in [6, 6.07) is 0.632. The van der Waals surface area contributed by atoms with Gasteiger partial charge in [-0.25, -0.2) is 0 Å². The molecule has 0 atom stereocenters. The van der Waals surface area contributed by atoms with Crippen LogP contribution in [-0.4, -0.2) is 37.6 Å². The molecule has 0 unspecified atom stereocenters. The van der Waals surface area contributed by atoms with Gasteiger partial charge in [-0.1, -0.05) is 47.5 Å². The predicted molar refractivity (Wildman–Crippen MR) is 78.6 cm³/mol. The number of nitrogens with one attached hydrogen (secondary N) is 1. The van der Waals surface area contributed by atoms with Crippen molar-refractivity contribution in [2.45, 2.75) is 66.3 Å². The van der Waals surface area contributed by atoms with E-state index in [2.05, 4.69) is 51.9 Å². The van der Waals surface area contributed by atoms with Crippen molar-refractivity contribution in [2.24, 2.45) is 5.41 Å². The van der Waals surface area contributed by atoms with E-state index < -0.39 is 0 Å². The molecule has 0 aliphatic carbocycles. The average molecular weight is 242 g/mol. The molecule has 0 spiro atoms. The molecule has 104 valence electrons. The van der Waals surface area contributed by atoms with E-state index in [0.29, 0.717) is 11.5 Å². The molecule has 0 aromatic carbocycles. The second kappa shape index (κ2) is 8.93. The maximum atomic E-state index is 3.47. The average Bonchev–Trinajstić information content (AvgIpc) is 2.12. The van der Waals surface area contributed by atoms with Gasteiger partial charge < -0.3 is 10.2 Å². The highest BCUT2D eigenvalue weighted by molar-refractivity contribution is 4.66. The summed E-state index contributed by atoms with van der Waals surface area (Å²) >= 11 is 0. The summed E-state index contributed by atoms with van der Waals surface area (Å²) in [7, 11) is 2.24. The highest BCUT2D eigenvalue weighted by Gasteiger charge is 2.12. The number of hydrogen-bond donors (Lipinski definition) is 1. The summed E-state index contributed by atoms with van der Waals surface area (Å²) in [5, 5.41) is 3.47. The highest BCUT2D eigenvalue weighted by atomic mass is 15.1. The molecule has 0 rings (SSSR count). The standard InChI is InChI=1S/C15H34N2/c1-14(2)16-11-9-7-8-10-12-17(6)13-15(3,4)5/h14,16H,7-13H2,1-6H3. The lowest BCUT2D eigenvalue weighted by Gasteiger charge is -2.26. The molecule has 2 heteroatoms. The molecule has 2 nitrogen and oxygen atoms in total. The van der Waals surface area contributed by atoms with Crippen molar-refractivity contribution >= 4 is 0 Å². The minimum absolute atomic E-state index is 0.427. The first-order valence-corrected chi connectivity index (χ1v) is 7.23. The lowest BCUT2D eigenvalue weighted by molar-refractivity contribution is 0.223. The Hall–Kier alpha value is -0.0800. The number of nitrogens with zero attached hydrogens (tertiary/aromatic N) is 1. The van der Waals surface area contributed by atoms with Crippen molar-refractivity contribution in [3.05, 3.63) is 0 Å². The van der Waals surface area contributed by atoms with Crippen LogP contribution >= 0.6 is 0 Å². The minimum Gasteiger partial charge on any atom is -0.315 e. The molecule has 0 saturated carbocycles.